The van der Waals surface area contributed by atoms with E-state index >= 15 is 0 Å². The fourth-order valence-electron chi connectivity index (χ4n) is 0.386. The molecule has 0 saturated carbocycles. The molecule has 0 aromatic rings. The molecule has 5 heteroatoms. The number of aliphatic hydroxyl groups is 1. The largest absolute Gasteiger partial charge is 0.549 e. The first-order valence-electron chi connectivity index (χ1n) is 2.45. The molecule has 9 heavy (non-hydrogen) atoms. The lowest BCUT2D eigenvalue weighted by Crippen LogP contribution is -2.46. The number of carbonyl (C=O) groups is 1. The molecule has 0 radical (unpaired) electrons. The first kappa shape index (κ1) is 8.74. The summed E-state index contributed by atoms with van der Waals surface area (Å²) in [5.41, 5.74) is 0. The average Bonchev–Trinajstić information content (AvgIpc) is 1.82. The molecule has 0 saturated heterocycles. The molecule has 54 valence electrons. The number of aliphatic hydroxyl groups excluding tert-OH is 1. The van der Waals surface area contributed by atoms with E-state index in [-0.39, 0.29) is 13.0 Å². The smallest absolute Gasteiger partial charge is 0.101 e. The highest BCUT2D eigenvalue weighted by Gasteiger charge is 2.09. The third-order valence-electron chi connectivity index (χ3n) is 0.855. The molecule has 0 aliphatic heterocycles. The summed E-state index contributed by atoms with van der Waals surface area (Å²) in [6, 6.07) is 0. The van der Waals surface area contributed by atoms with Crippen LogP contribution in [0.15, 0.2) is 0 Å². The summed E-state index contributed by atoms with van der Waals surface area (Å²) < 4.78 is 0. The molecule has 0 heterocycles. The molecule has 0 spiro atoms. The van der Waals surface area contributed by atoms with E-state index in [0.717, 1.165) is 11.9 Å². The van der Waals surface area contributed by atoms with Crippen molar-refractivity contribution in [2.24, 2.45) is 0 Å². The van der Waals surface area contributed by atoms with Crippen LogP contribution >= 0.6 is 11.9 Å². The number of quaternary nitrogens is 1. The summed E-state index contributed by atoms with van der Waals surface area (Å²) in [6.45, 7) is -0.138. The van der Waals surface area contributed by atoms with Crippen LogP contribution in [0.5, 0.6) is 0 Å². The van der Waals surface area contributed by atoms with E-state index in [1.165, 1.54) is 0 Å². The second kappa shape index (κ2) is 4.60. The van der Waals surface area contributed by atoms with Crippen molar-refractivity contribution in [3.63, 3.8) is 0 Å². The van der Waals surface area contributed by atoms with Crippen molar-refractivity contribution in [1.82, 2.24) is 0 Å². The van der Waals surface area contributed by atoms with Crippen LogP contribution < -0.4 is 10.2 Å². The van der Waals surface area contributed by atoms with Crippen LogP contribution in [0.4, 0.5) is 0 Å². The lowest BCUT2D eigenvalue weighted by Gasteiger charge is -2.08. The zero-order valence-electron chi connectivity index (χ0n) is 4.87. The predicted molar refractivity (Wildman–Crippen MR) is 31.0 cm³/mol. The van der Waals surface area contributed by atoms with Gasteiger partial charge in [0.2, 0.25) is 0 Å². The second-order valence-corrected chi connectivity index (χ2v) is 2.39. The molecule has 4 nitrogen and oxygen atoms in total. The first-order chi connectivity index (χ1) is 4.22. The minimum absolute atomic E-state index is 0.138. The van der Waals surface area contributed by atoms with Crippen molar-refractivity contribution in [1.29, 1.82) is 0 Å². The van der Waals surface area contributed by atoms with Gasteiger partial charge in [-0.2, -0.15) is 0 Å². The van der Waals surface area contributed by atoms with Crippen molar-refractivity contribution in [2.75, 3.05) is 6.61 Å². The van der Waals surface area contributed by atoms with E-state index in [1.54, 1.807) is 0 Å². The number of aliphatic carboxylic acids is 1. The Bertz CT molecular complexity index is 97.8. The Hall–Kier alpha value is -0.260. The molecule has 4 N–H and O–H groups in total. The van der Waals surface area contributed by atoms with Crippen molar-refractivity contribution in [2.45, 2.75) is 11.7 Å². The third-order valence-corrected chi connectivity index (χ3v) is 1.69. The van der Waals surface area contributed by atoms with Gasteiger partial charge in [-0.3, -0.25) is 5.14 Å². The number of hydrogen-bond acceptors (Lipinski definition) is 4. The Morgan fingerprint density at radius 3 is 2.56 bits per heavy atom. The Balaban J connectivity index is 3.54. The fraction of sp³-hybridized carbons (Fsp3) is 0.750. The molecular formula is C4H9NO3S. The standard InChI is InChI=1S/C4H9NO3S/c5-9-3(1-2-6)4(7)8/h3,6H,1-2,5H2,(H,7,8). The van der Waals surface area contributed by atoms with Gasteiger partial charge in [0.1, 0.15) is 5.25 Å². The quantitative estimate of drug-likeness (QED) is 0.430. The Labute approximate surface area is 57.2 Å². The van der Waals surface area contributed by atoms with Crippen molar-refractivity contribution < 1.29 is 20.1 Å². The molecule has 0 fully saturated rings. The van der Waals surface area contributed by atoms with Gasteiger partial charge in [-0.1, -0.05) is 0 Å². The maximum Gasteiger partial charge on any atom is 0.101 e. The van der Waals surface area contributed by atoms with Crippen molar-refractivity contribution in [3.05, 3.63) is 0 Å². The molecule has 0 aromatic heterocycles. The van der Waals surface area contributed by atoms with E-state index < -0.39 is 11.2 Å². The second-order valence-electron chi connectivity index (χ2n) is 1.49. The SMILES string of the molecule is [NH3+]SC(CCO)C(=O)[O-]. The number of rotatable bonds is 4. The Kier molecular flexibility index (Phi) is 4.47. The number of carbonyl (C=O) groups excluding carboxylic acids is 1. The summed E-state index contributed by atoms with van der Waals surface area (Å²) >= 11 is 0.931. The summed E-state index contributed by atoms with van der Waals surface area (Å²) in [7, 11) is 0. The van der Waals surface area contributed by atoms with Crippen LogP contribution in [0.3, 0.4) is 0 Å². The van der Waals surface area contributed by atoms with Gasteiger partial charge in [0, 0.05) is 6.61 Å². The molecule has 0 rings (SSSR count). The van der Waals surface area contributed by atoms with E-state index in [0.29, 0.717) is 0 Å². The van der Waals surface area contributed by atoms with Gasteiger partial charge < -0.3 is 15.0 Å². The highest BCUT2D eigenvalue weighted by molar-refractivity contribution is 7.93. The lowest BCUT2D eigenvalue weighted by molar-refractivity contribution is -0.305. The monoisotopic (exact) mass is 151 g/mol. The zero-order chi connectivity index (χ0) is 7.28. The summed E-state index contributed by atoms with van der Waals surface area (Å²) in [4.78, 5) is 10.0. The van der Waals surface area contributed by atoms with Gasteiger partial charge in [-0.25, -0.2) is 0 Å². The van der Waals surface area contributed by atoms with Gasteiger partial charge in [0.15, 0.2) is 0 Å². The number of carboxylic acids is 1. The van der Waals surface area contributed by atoms with Crippen molar-refractivity contribution in [3.8, 4) is 0 Å². The Morgan fingerprint density at radius 2 is 2.44 bits per heavy atom. The Morgan fingerprint density at radius 1 is 1.89 bits per heavy atom. The van der Waals surface area contributed by atoms with Crippen LogP contribution in [-0.2, 0) is 4.79 Å². The fourth-order valence-corrected chi connectivity index (χ4v) is 0.795. The molecule has 0 aliphatic carbocycles. The van der Waals surface area contributed by atoms with E-state index in [2.05, 4.69) is 5.14 Å². The van der Waals surface area contributed by atoms with Crippen LogP contribution in [0, 0.1) is 0 Å². The van der Waals surface area contributed by atoms with Crippen LogP contribution in [0.25, 0.3) is 0 Å². The summed E-state index contributed by atoms with van der Waals surface area (Å²) in [6.07, 6.45) is 0.205. The predicted octanol–water partition coefficient (Wildman–Crippen LogP) is -2.62. The molecule has 0 aromatic carbocycles. The highest BCUT2D eigenvalue weighted by Crippen LogP contribution is 2.02. The average molecular weight is 151 g/mol. The first-order valence-corrected chi connectivity index (χ1v) is 3.49. The van der Waals surface area contributed by atoms with Gasteiger partial charge in [-0.05, 0) is 6.42 Å². The molecule has 0 aliphatic rings. The van der Waals surface area contributed by atoms with Crippen LogP contribution in [0.2, 0.25) is 0 Å². The summed E-state index contributed by atoms with van der Waals surface area (Å²) in [5, 5.41) is 21.0. The minimum atomic E-state index is -1.16. The van der Waals surface area contributed by atoms with Gasteiger partial charge in [0.05, 0.1) is 17.9 Å². The van der Waals surface area contributed by atoms with Crippen LogP contribution in [0.1, 0.15) is 6.42 Å². The molecular weight excluding hydrogens is 142 g/mol. The zero-order valence-corrected chi connectivity index (χ0v) is 5.69. The van der Waals surface area contributed by atoms with Crippen molar-refractivity contribution >= 4 is 17.9 Å². The number of carboxylic acid groups (broad SMARTS) is 1. The highest BCUT2D eigenvalue weighted by atomic mass is 32.2. The maximum absolute atomic E-state index is 10.0. The number of hydrogen-bond donors (Lipinski definition) is 2. The molecule has 1 unspecified atom stereocenters. The summed E-state index contributed by atoms with van der Waals surface area (Å²) in [5.74, 6) is -1.16. The van der Waals surface area contributed by atoms with Crippen LogP contribution in [-0.4, -0.2) is 22.9 Å². The van der Waals surface area contributed by atoms with Gasteiger partial charge in [-0.15, -0.1) is 0 Å². The van der Waals surface area contributed by atoms with Gasteiger partial charge >= 0.3 is 0 Å². The topological polar surface area (TPSA) is 88.0 Å². The minimum Gasteiger partial charge on any atom is -0.549 e. The third kappa shape index (κ3) is 3.34. The lowest BCUT2D eigenvalue weighted by atomic mass is 10.3. The molecule has 1 atom stereocenters. The maximum atomic E-state index is 10.0. The van der Waals surface area contributed by atoms with E-state index in [4.69, 9.17) is 5.11 Å². The van der Waals surface area contributed by atoms with E-state index in [9.17, 15) is 9.90 Å². The molecule has 0 amide bonds. The normalized spacial score (nSPS) is 13.1. The van der Waals surface area contributed by atoms with E-state index in [1.807, 2.05) is 0 Å². The molecule has 0 bridgehead atoms. The van der Waals surface area contributed by atoms with Gasteiger partial charge in [0.25, 0.3) is 0 Å².